The van der Waals surface area contributed by atoms with E-state index in [9.17, 15) is 9.59 Å². The summed E-state index contributed by atoms with van der Waals surface area (Å²) in [6.07, 6.45) is 0. The highest BCUT2D eigenvalue weighted by molar-refractivity contribution is 7.99. The summed E-state index contributed by atoms with van der Waals surface area (Å²) in [6, 6.07) is 9.97. The summed E-state index contributed by atoms with van der Waals surface area (Å²) in [6.45, 7) is 0.0670. The van der Waals surface area contributed by atoms with Gasteiger partial charge in [-0.2, -0.15) is 0 Å². The fourth-order valence-electron chi connectivity index (χ4n) is 2.33. The molecule has 0 atom stereocenters. The molecular formula is C17H14O5S. The van der Waals surface area contributed by atoms with Crippen LogP contribution < -0.4 is 5.43 Å². The first kappa shape index (κ1) is 15.6. The molecule has 0 unspecified atom stereocenters. The molecule has 0 saturated heterocycles. The van der Waals surface area contributed by atoms with Gasteiger partial charge in [-0.1, -0.05) is 0 Å². The van der Waals surface area contributed by atoms with Crippen LogP contribution in [0, 0.1) is 0 Å². The molecule has 2 aromatic carbocycles. The van der Waals surface area contributed by atoms with Crippen LogP contribution in [0.5, 0.6) is 0 Å². The molecule has 5 nitrogen and oxygen atoms in total. The molecule has 0 aliphatic heterocycles. The molecule has 1 aromatic heterocycles. The Morgan fingerprint density at radius 1 is 1.17 bits per heavy atom. The molecule has 0 aliphatic carbocycles. The molecule has 1 heterocycles. The molecule has 0 radical (unpaired) electrons. The SMILES string of the molecule is COC(=O)c1ccc2oc3ccc(SCCO)cc3c(=O)c2c1. The molecule has 1 N–H and O–H groups in total. The number of thioether (sulfide) groups is 1. The highest BCUT2D eigenvalue weighted by atomic mass is 32.2. The number of methoxy groups -OCH3 is 1. The zero-order valence-electron chi connectivity index (χ0n) is 12.4. The molecule has 0 spiro atoms. The van der Waals surface area contributed by atoms with Gasteiger partial charge in [0, 0.05) is 10.6 Å². The average Bonchev–Trinajstić information content (AvgIpc) is 2.59. The number of aliphatic hydroxyl groups is 1. The van der Waals surface area contributed by atoms with Gasteiger partial charge in [-0.15, -0.1) is 11.8 Å². The third-order valence-corrected chi connectivity index (χ3v) is 4.39. The first-order valence-electron chi connectivity index (χ1n) is 6.96. The van der Waals surface area contributed by atoms with Crippen LogP contribution in [0.2, 0.25) is 0 Å². The minimum absolute atomic E-state index is 0.0670. The summed E-state index contributed by atoms with van der Waals surface area (Å²) >= 11 is 1.46. The molecule has 0 bridgehead atoms. The normalized spacial score (nSPS) is 11.0. The van der Waals surface area contributed by atoms with Crippen molar-refractivity contribution in [1.29, 1.82) is 0 Å². The van der Waals surface area contributed by atoms with E-state index in [2.05, 4.69) is 4.74 Å². The van der Waals surface area contributed by atoms with Crippen LogP contribution in [0.3, 0.4) is 0 Å². The number of aliphatic hydroxyl groups excluding tert-OH is 1. The number of hydrogen-bond acceptors (Lipinski definition) is 6. The molecule has 0 fully saturated rings. The summed E-state index contributed by atoms with van der Waals surface area (Å²) in [7, 11) is 1.29. The minimum Gasteiger partial charge on any atom is -0.465 e. The lowest BCUT2D eigenvalue weighted by Crippen LogP contribution is -2.06. The molecule has 3 aromatic rings. The molecule has 6 heteroatoms. The van der Waals surface area contributed by atoms with Gasteiger partial charge in [0.15, 0.2) is 0 Å². The van der Waals surface area contributed by atoms with Crippen LogP contribution in [-0.2, 0) is 4.74 Å². The van der Waals surface area contributed by atoms with E-state index in [1.807, 2.05) is 6.07 Å². The molecule has 3 rings (SSSR count). The quantitative estimate of drug-likeness (QED) is 0.450. The fourth-order valence-corrected chi connectivity index (χ4v) is 3.03. The Bertz CT molecular complexity index is 945. The first-order valence-corrected chi connectivity index (χ1v) is 7.95. The topological polar surface area (TPSA) is 76.7 Å². The second-order valence-corrected chi connectivity index (χ2v) is 6.03. The first-order chi connectivity index (χ1) is 11.1. The van der Waals surface area contributed by atoms with E-state index in [-0.39, 0.29) is 12.0 Å². The maximum atomic E-state index is 12.7. The largest absolute Gasteiger partial charge is 0.465 e. The Kier molecular flexibility index (Phi) is 4.36. The summed E-state index contributed by atoms with van der Waals surface area (Å²) in [5.41, 5.74) is 1.02. The van der Waals surface area contributed by atoms with Gasteiger partial charge in [0.05, 0.1) is 30.1 Å². The van der Waals surface area contributed by atoms with Crippen molar-refractivity contribution in [2.24, 2.45) is 0 Å². The number of rotatable bonds is 4. The highest BCUT2D eigenvalue weighted by Crippen LogP contribution is 2.25. The molecular weight excluding hydrogens is 316 g/mol. The lowest BCUT2D eigenvalue weighted by Gasteiger charge is -2.05. The van der Waals surface area contributed by atoms with Crippen molar-refractivity contribution < 1.29 is 19.1 Å². The van der Waals surface area contributed by atoms with Crippen LogP contribution in [0.4, 0.5) is 0 Å². The van der Waals surface area contributed by atoms with Gasteiger partial charge in [0.1, 0.15) is 11.2 Å². The summed E-state index contributed by atoms with van der Waals surface area (Å²) in [5.74, 6) is 0.0512. The van der Waals surface area contributed by atoms with Crippen molar-refractivity contribution in [1.82, 2.24) is 0 Å². The zero-order valence-corrected chi connectivity index (χ0v) is 13.2. The Balaban J connectivity index is 2.20. The Morgan fingerprint density at radius 2 is 1.87 bits per heavy atom. The molecule has 0 aliphatic rings. The van der Waals surface area contributed by atoms with Gasteiger partial charge in [0.25, 0.3) is 0 Å². The van der Waals surface area contributed by atoms with E-state index in [4.69, 9.17) is 9.52 Å². The van der Waals surface area contributed by atoms with Crippen molar-refractivity contribution in [3.63, 3.8) is 0 Å². The number of esters is 1. The van der Waals surface area contributed by atoms with Crippen LogP contribution in [0.1, 0.15) is 10.4 Å². The smallest absolute Gasteiger partial charge is 0.337 e. The standard InChI is InChI=1S/C17H14O5S/c1-21-17(20)10-2-4-14-12(8-10)16(19)13-9-11(23-7-6-18)3-5-15(13)22-14/h2-5,8-9,18H,6-7H2,1H3. The third-order valence-electron chi connectivity index (χ3n) is 3.42. The summed E-state index contributed by atoms with van der Waals surface area (Å²) in [4.78, 5) is 25.2. The van der Waals surface area contributed by atoms with E-state index in [1.54, 1.807) is 24.3 Å². The van der Waals surface area contributed by atoms with Crippen LogP contribution in [0.15, 0.2) is 50.5 Å². The number of carbonyl (C=O) groups excluding carboxylic acids is 1. The van der Waals surface area contributed by atoms with Crippen LogP contribution >= 0.6 is 11.8 Å². The Morgan fingerprint density at radius 3 is 2.57 bits per heavy atom. The second kappa shape index (κ2) is 6.44. The minimum atomic E-state index is -0.501. The third kappa shape index (κ3) is 2.95. The van der Waals surface area contributed by atoms with E-state index in [0.717, 1.165) is 4.90 Å². The molecule has 118 valence electrons. The Hall–Kier alpha value is -2.31. The van der Waals surface area contributed by atoms with E-state index >= 15 is 0 Å². The summed E-state index contributed by atoms with van der Waals surface area (Å²) < 4.78 is 10.4. The second-order valence-electron chi connectivity index (χ2n) is 4.86. The van der Waals surface area contributed by atoms with E-state index in [1.165, 1.54) is 24.9 Å². The van der Waals surface area contributed by atoms with Crippen molar-refractivity contribution in [2.45, 2.75) is 4.90 Å². The predicted octanol–water partition coefficient (Wildman–Crippen LogP) is 2.82. The lowest BCUT2D eigenvalue weighted by atomic mass is 10.1. The fraction of sp³-hybridized carbons (Fsp3) is 0.176. The van der Waals surface area contributed by atoms with Crippen molar-refractivity contribution in [3.8, 4) is 0 Å². The van der Waals surface area contributed by atoms with Gasteiger partial charge >= 0.3 is 5.97 Å². The zero-order chi connectivity index (χ0) is 16.4. The molecule has 0 saturated carbocycles. The number of carbonyl (C=O) groups is 1. The predicted molar refractivity (Wildman–Crippen MR) is 89.1 cm³/mol. The highest BCUT2D eigenvalue weighted by Gasteiger charge is 2.12. The molecule has 0 amide bonds. The number of fused-ring (bicyclic) bond motifs is 2. The van der Waals surface area contributed by atoms with Gasteiger partial charge in [-0.25, -0.2) is 4.79 Å². The maximum Gasteiger partial charge on any atom is 0.337 e. The van der Waals surface area contributed by atoms with Crippen molar-refractivity contribution >= 4 is 39.7 Å². The number of hydrogen-bond donors (Lipinski definition) is 1. The Labute approximate surface area is 135 Å². The molecule has 23 heavy (non-hydrogen) atoms. The van der Waals surface area contributed by atoms with Crippen molar-refractivity contribution in [2.75, 3.05) is 19.5 Å². The van der Waals surface area contributed by atoms with Crippen LogP contribution in [0.25, 0.3) is 21.9 Å². The van der Waals surface area contributed by atoms with Crippen molar-refractivity contribution in [3.05, 3.63) is 52.2 Å². The van der Waals surface area contributed by atoms with Gasteiger partial charge < -0.3 is 14.3 Å². The average molecular weight is 330 g/mol. The maximum absolute atomic E-state index is 12.7. The summed E-state index contributed by atoms with van der Waals surface area (Å²) in [5, 5.41) is 9.68. The van der Waals surface area contributed by atoms with Crippen LogP contribution in [-0.4, -0.2) is 30.5 Å². The number of benzene rings is 2. The van der Waals surface area contributed by atoms with Gasteiger partial charge in [-0.3, -0.25) is 4.79 Å². The van der Waals surface area contributed by atoms with Gasteiger partial charge in [0.2, 0.25) is 5.43 Å². The number of ether oxygens (including phenoxy) is 1. The van der Waals surface area contributed by atoms with E-state index < -0.39 is 5.97 Å². The van der Waals surface area contributed by atoms with E-state index in [0.29, 0.717) is 33.3 Å². The van der Waals surface area contributed by atoms with Gasteiger partial charge in [-0.05, 0) is 36.4 Å². The monoisotopic (exact) mass is 330 g/mol. The lowest BCUT2D eigenvalue weighted by molar-refractivity contribution is 0.0601.